The van der Waals surface area contributed by atoms with Crippen LogP contribution in [0.25, 0.3) is 21.9 Å². The maximum Gasteiger partial charge on any atom is 0.284 e. The van der Waals surface area contributed by atoms with E-state index in [1.807, 2.05) is 48.5 Å². The van der Waals surface area contributed by atoms with Crippen molar-refractivity contribution in [3.63, 3.8) is 0 Å². The van der Waals surface area contributed by atoms with Gasteiger partial charge in [-0.2, -0.15) is 5.10 Å². The van der Waals surface area contributed by atoms with E-state index < -0.39 is 0 Å². The number of nitrogens with one attached hydrogen (secondary N) is 1. The summed E-state index contributed by atoms with van der Waals surface area (Å²) in [5, 5.41) is 7.82. The van der Waals surface area contributed by atoms with Gasteiger partial charge in [-0.25, -0.2) is 4.98 Å². The van der Waals surface area contributed by atoms with E-state index in [1.54, 1.807) is 0 Å². The van der Waals surface area contributed by atoms with Crippen LogP contribution in [0.5, 0.6) is 0 Å². The van der Waals surface area contributed by atoms with Crippen molar-refractivity contribution in [1.29, 1.82) is 0 Å². The van der Waals surface area contributed by atoms with E-state index in [1.165, 1.54) is 10.9 Å². The summed E-state index contributed by atoms with van der Waals surface area (Å²) in [5.41, 5.74) is 2.83. The number of fused-ring (bicyclic) bond motifs is 2. The highest BCUT2D eigenvalue weighted by molar-refractivity contribution is 6.08. The van der Waals surface area contributed by atoms with Gasteiger partial charge in [-0.05, 0) is 18.2 Å². The topological polar surface area (TPSA) is 63.6 Å². The molecule has 2 aromatic heterocycles. The van der Waals surface area contributed by atoms with Gasteiger partial charge in [0.25, 0.3) is 5.91 Å². The van der Waals surface area contributed by atoms with Crippen molar-refractivity contribution in [2.75, 3.05) is 0 Å². The second-order valence-electron chi connectivity index (χ2n) is 4.53. The molecule has 0 unspecified atom stereocenters. The number of rotatable bonds is 1. The molecule has 5 heteroatoms. The number of hydrogen-bond donors (Lipinski definition) is 1. The predicted molar refractivity (Wildman–Crippen MR) is 75.6 cm³/mol. The summed E-state index contributed by atoms with van der Waals surface area (Å²) in [6.07, 6.45) is 1.54. The second kappa shape index (κ2) is 4.03. The Kier molecular flexibility index (Phi) is 2.20. The number of carbonyl (C=O) groups excluding carboxylic acids is 1. The SMILES string of the molecule is O=C(c1n[nH]c2ccccc12)n1cnc2ccccc21. The fourth-order valence-corrected chi connectivity index (χ4v) is 2.36. The minimum atomic E-state index is -0.184. The molecule has 4 rings (SSSR count). The van der Waals surface area contributed by atoms with Crippen LogP contribution in [-0.2, 0) is 0 Å². The molecular formula is C15H10N4O. The zero-order chi connectivity index (χ0) is 13.5. The van der Waals surface area contributed by atoms with Crippen LogP contribution in [0.15, 0.2) is 54.9 Å². The normalized spacial score (nSPS) is 11.2. The summed E-state index contributed by atoms with van der Waals surface area (Å²) in [6, 6.07) is 15.1. The van der Waals surface area contributed by atoms with Crippen LogP contribution in [0.1, 0.15) is 10.5 Å². The molecular weight excluding hydrogens is 252 g/mol. The quantitative estimate of drug-likeness (QED) is 0.573. The van der Waals surface area contributed by atoms with Gasteiger partial charge in [0.2, 0.25) is 0 Å². The summed E-state index contributed by atoms with van der Waals surface area (Å²) in [5.74, 6) is -0.184. The lowest BCUT2D eigenvalue weighted by Crippen LogP contribution is -2.11. The average molecular weight is 262 g/mol. The summed E-state index contributed by atoms with van der Waals surface area (Å²) >= 11 is 0. The number of para-hydroxylation sites is 3. The van der Waals surface area contributed by atoms with Crippen molar-refractivity contribution in [1.82, 2.24) is 19.7 Å². The van der Waals surface area contributed by atoms with Crippen LogP contribution in [-0.4, -0.2) is 25.7 Å². The molecule has 1 N–H and O–H groups in total. The molecule has 0 aliphatic heterocycles. The van der Waals surface area contributed by atoms with Crippen molar-refractivity contribution < 1.29 is 4.79 Å². The van der Waals surface area contributed by atoms with E-state index in [9.17, 15) is 4.79 Å². The maximum atomic E-state index is 12.6. The fourth-order valence-electron chi connectivity index (χ4n) is 2.36. The van der Waals surface area contributed by atoms with Crippen LogP contribution < -0.4 is 0 Å². The molecule has 0 fully saturated rings. The third-order valence-corrected chi connectivity index (χ3v) is 3.35. The van der Waals surface area contributed by atoms with Gasteiger partial charge in [-0.15, -0.1) is 0 Å². The van der Waals surface area contributed by atoms with Crippen LogP contribution in [0.4, 0.5) is 0 Å². The van der Waals surface area contributed by atoms with E-state index in [0.29, 0.717) is 5.69 Å². The maximum absolute atomic E-state index is 12.6. The van der Waals surface area contributed by atoms with Gasteiger partial charge in [0.15, 0.2) is 5.69 Å². The monoisotopic (exact) mass is 262 g/mol. The summed E-state index contributed by atoms with van der Waals surface area (Å²) in [6.45, 7) is 0. The lowest BCUT2D eigenvalue weighted by molar-refractivity contribution is 0.0961. The Balaban J connectivity index is 1.92. The number of imidazole rings is 1. The summed E-state index contributed by atoms with van der Waals surface area (Å²) in [4.78, 5) is 16.9. The van der Waals surface area contributed by atoms with Gasteiger partial charge < -0.3 is 0 Å². The molecule has 2 aromatic carbocycles. The van der Waals surface area contributed by atoms with E-state index in [2.05, 4.69) is 15.2 Å². The van der Waals surface area contributed by atoms with Crippen molar-refractivity contribution >= 4 is 27.8 Å². The average Bonchev–Trinajstić information content (AvgIpc) is 3.11. The molecule has 20 heavy (non-hydrogen) atoms. The van der Waals surface area contributed by atoms with E-state index in [4.69, 9.17) is 0 Å². The van der Waals surface area contributed by atoms with Crippen LogP contribution >= 0.6 is 0 Å². The number of aromatic nitrogens is 4. The Bertz CT molecular complexity index is 859. The lowest BCUT2D eigenvalue weighted by atomic mass is 10.2. The highest BCUT2D eigenvalue weighted by Crippen LogP contribution is 2.19. The molecule has 0 spiro atoms. The number of benzene rings is 2. The number of nitrogens with zero attached hydrogens (tertiary/aromatic N) is 3. The Morgan fingerprint density at radius 1 is 1.05 bits per heavy atom. The molecule has 0 saturated heterocycles. The molecule has 5 nitrogen and oxygen atoms in total. The van der Waals surface area contributed by atoms with Gasteiger partial charge >= 0.3 is 0 Å². The highest BCUT2D eigenvalue weighted by Gasteiger charge is 2.17. The lowest BCUT2D eigenvalue weighted by Gasteiger charge is -2.00. The van der Waals surface area contributed by atoms with E-state index in [0.717, 1.165) is 21.9 Å². The second-order valence-corrected chi connectivity index (χ2v) is 4.53. The Labute approximate surface area is 113 Å². The Morgan fingerprint density at radius 3 is 2.80 bits per heavy atom. The molecule has 0 amide bonds. The van der Waals surface area contributed by atoms with Crippen molar-refractivity contribution in [2.24, 2.45) is 0 Å². The predicted octanol–water partition coefficient (Wildman–Crippen LogP) is 2.60. The summed E-state index contributed by atoms with van der Waals surface area (Å²) < 4.78 is 1.53. The summed E-state index contributed by atoms with van der Waals surface area (Å²) in [7, 11) is 0. The van der Waals surface area contributed by atoms with Crippen molar-refractivity contribution in [2.45, 2.75) is 0 Å². The molecule has 0 aliphatic carbocycles. The molecule has 0 radical (unpaired) electrons. The molecule has 0 aliphatic rings. The minimum Gasteiger partial charge on any atom is -0.277 e. The van der Waals surface area contributed by atoms with Gasteiger partial charge in [0.1, 0.15) is 6.33 Å². The van der Waals surface area contributed by atoms with E-state index >= 15 is 0 Å². The first-order valence-corrected chi connectivity index (χ1v) is 6.24. The van der Waals surface area contributed by atoms with Crippen LogP contribution in [0.2, 0.25) is 0 Å². The fraction of sp³-hybridized carbons (Fsp3) is 0. The molecule has 0 atom stereocenters. The molecule has 96 valence electrons. The van der Waals surface area contributed by atoms with Gasteiger partial charge in [-0.1, -0.05) is 30.3 Å². The van der Waals surface area contributed by atoms with E-state index in [-0.39, 0.29) is 5.91 Å². The Morgan fingerprint density at radius 2 is 1.85 bits per heavy atom. The first-order valence-electron chi connectivity index (χ1n) is 6.24. The zero-order valence-electron chi connectivity index (χ0n) is 10.4. The van der Waals surface area contributed by atoms with Crippen molar-refractivity contribution in [3.05, 3.63) is 60.6 Å². The molecule has 0 bridgehead atoms. The first-order chi connectivity index (χ1) is 9.84. The van der Waals surface area contributed by atoms with Crippen molar-refractivity contribution in [3.8, 4) is 0 Å². The van der Waals surface area contributed by atoms with Gasteiger partial charge in [0, 0.05) is 5.39 Å². The third kappa shape index (κ3) is 1.46. The molecule has 2 heterocycles. The van der Waals surface area contributed by atoms with Gasteiger partial charge in [0.05, 0.1) is 16.6 Å². The first kappa shape index (κ1) is 10.9. The number of H-pyrrole nitrogens is 1. The molecule has 4 aromatic rings. The third-order valence-electron chi connectivity index (χ3n) is 3.35. The standard InChI is InChI=1S/C15H10N4O/c20-15(14-10-5-1-2-6-11(10)17-18-14)19-9-16-12-7-3-4-8-13(12)19/h1-9H,(H,17,18). The van der Waals surface area contributed by atoms with Crippen LogP contribution in [0, 0.1) is 0 Å². The number of carbonyl (C=O) groups is 1. The molecule has 0 saturated carbocycles. The number of hydrogen-bond acceptors (Lipinski definition) is 3. The Hall–Kier alpha value is -2.95. The zero-order valence-corrected chi connectivity index (χ0v) is 10.4. The number of aromatic amines is 1. The minimum absolute atomic E-state index is 0.184. The largest absolute Gasteiger partial charge is 0.284 e. The highest BCUT2D eigenvalue weighted by atomic mass is 16.2. The smallest absolute Gasteiger partial charge is 0.277 e. The van der Waals surface area contributed by atoms with Gasteiger partial charge in [-0.3, -0.25) is 14.5 Å². The van der Waals surface area contributed by atoms with Crippen LogP contribution in [0.3, 0.4) is 0 Å².